The summed E-state index contributed by atoms with van der Waals surface area (Å²) in [6.45, 7) is 19.0. The van der Waals surface area contributed by atoms with Crippen LogP contribution in [0.1, 0.15) is 54.4 Å². The molecule has 7 heteroatoms. The van der Waals surface area contributed by atoms with E-state index in [-0.39, 0.29) is 17.3 Å². The van der Waals surface area contributed by atoms with Crippen LogP contribution in [0.25, 0.3) is 0 Å². The van der Waals surface area contributed by atoms with Crippen LogP contribution in [0, 0.1) is 17.8 Å². The van der Waals surface area contributed by atoms with Gasteiger partial charge in [0, 0.05) is 33.2 Å². The summed E-state index contributed by atoms with van der Waals surface area (Å²) >= 11 is 0. The average Bonchev–Trinajstić information content (AvgIpc) is 3.23. The fourth-order valence-electron chi connectivity index (χ4n) is 4.92. The van der Waals surface area contributed by atoms with Gasteiger partial charge in [0.25, 0.3) is 0 Å². The van der Waals surface area contributed by atoms with E-state index in [0.717, 1.165) is 51.4 Å². The van der Waals surface area contributed by atoms with Gasteiger partial charge in [-0.1, -0.05) is 39.8 Å². The SMILES string of the molecule is CC(CCN1CCN(C2=NOC(C(C)C)(C(C)C)C2)CC1)C1(C)CN(C)C(=O)O1. The van der Waals surface area contributed by atoms with Crippen molar-refractivity contribution in [2.45, 2.75) is 65.6 Å². The van der Waals surface area contributed by atoms with E-state index < -0.39 is 0 Å². The maximum atomic E-state index is 11.8. The largest absolute Gasteiger partial charge is 0.441 e. The van der Waals surface area contributed by atoms with Gasteiger partial charge in [-0.2, -0.15) is 0 Å². The Labute approximate surface area is 176 Å². The lowest BCUT2D eigenvalue weighted by Crippen LogP contribution is -2.50. The molecule has 1 amide bonds. The second kappa shape index (κ2) is 8.32. The second-order valence-electron chi connectivity index (χ2n) is 10.1. The highest BCUT2D eigenvalue weighted by atomic mass is 16.7. The molecule has 2 saturated heterocycles. The Morgan fingerprint density at radius 1 is 1.07 bits per heavy atom. The van der Waals surface area contributed by atoms with E-state index in [9.17, 15) is 4.79 Å². The first-order valence-corrected chi connectivity index (χ1v) is 11.2. The van der Waals surface area contributed by atoms with Crippen LogP contribution in [0.5, 0.6) is 0 Å². The average molecular weight is 409 g/mol. The Morgan fingerprint density at radius 2 is 1.69 bits per heavy atom. The molecule has 0 saturated carbocycles. The van der Waals surface area contributed by atoms with E-state index in [1.54, 1.807) is 4.90 Å². The van der Waals surface area contributed by atoms with E-state index in [1.165, 1.54) is 0 Å². The molecule has 3 rings (SSSR count). The third-order valence-electron chi connectivity index (χ3n) is 7.55. The Kier molecular flexibility index (Phi) is 6.37. The first kappa shape index (κ1) is 22.2. The van der Waals surface area contributed by atoms with Gasteiger partial charge in [-0.05, 0) is 37.6 Å². The zero-order valence-corrected chi connectivity index (χ0v) is 19.4. The minimum Gasteiger partial charge on any atom is -0.441 e. The molecule has 0 N–H and O–H groups in total. The van der Waals surface area contributed by atoms with Gasteiger partial charge in [-0.25, -0.2) is 4.79 Å². The predicted octanol–water partition coefficient (Wildman–Crippen LogP) is 3.26. The molecule has 7 nitrogen and oxygen atoms in total. The molecule has 0 aromatic carbocycles. The number of hydrogen-bond donors (Lipinski definition) is 0. The lowest BCUT2D eigenvalue weighted by molar-refractivity contribution is -0.0869. The highest BCUT2D eigenvalue weighted by molar-refractivity contribution is 5.84. The van der Waals surface area contributed by atoms with Crippen molar-refractivity contribution in [2.75, 3.05) is 46.3 Å². The second-order valence-corrected chi connectivity index (χ2v) is 10.1. The molecule has 0 spiro atoms. The number of carbonyl (C=O) groups excluding carboxylic acids is 1. The number of rotatable bonds is 6. The maximum absolute atomic E-state index is 11.8. The molecule has 2 unspecified atom stereocenters. The van der Waals surface area contributed by atoms with Crippen LogP contribution in [-0.4, -0.2) is 84.1 Å². The van der Waals surface area contributed by atoms with E-state index >= 15 is 0 Å². The van der Waals surface area contributed by atoms with Crippen molar-refractivity contribution >= 4 is 11.9 Å². The highest BCUT2D eigenvalue weighted by Gasteiger charge is 2.47. The van der Waals surface area contributed by atoms with Crippen molar-refractivity contribution in [1.82, 2.24) is 14.7 Å². The molecule has 3 aliphatic rings. The smallest absolute Gasteiger partial charge is 0.410 e. The first-order chi connectivity index (χ1) is 13.6. The molecule has 0 aliphatic carbocycles. The Balaban J connectivity index is 1.45. The first-order valence-electron chi connectivity index (χ1n) is 11.2. The maximum Gasteiger partial charge on any atom is 0.410 e. The number of nitrogens with zero attached hydrogens (tertiary/aromatic N) is 4. The van der Waals surface area contributed by atoms with Crippen LogP contribution in [0.15, 0.2) is 5.16 Å². The van der Waals surface area contributed by atoms with Gasteiger partial charge in [0.2, 0.25) is 0 Å². The van der Waals surface area contributed by atoms with Crippen LogP contribution >= 0.6 is 0 Å². The molecule has 0 bridgehead atoms. The summed E-state index contributed by atoms with van der Waals surface area (Å²) < 4.78 is 5.64. The zero-order valence-electron chi connectivity index (χ0n) is 19.4. The molecule has 3 heterocycles. The number of ether oxygens (including phenoxy) is 1. The number of hydrogen-bond acceptors (Lipinski definition) is 6. The summed E-state index contributed by atoms with van der Waals surface area (Å²) in [7, 11) is 1.81. The van der Waals surface area contributed by atoms with Gasteiger partial charge in [-0.15, -0.1) is 0 Å². The molecule has 0 radical (unpaired) electrons. The van der Waals surface area contributed by atoms with E-state index in [2.05, 4.69) is 56.5 Å². The summed E-state index contributed by atoms with van der Waals surface area (Å²) in [4.78, 5) is 24.4. The van der Waals surface area contributed by atoms with Crippen LogP contribution < -0.4 is 0 Å². The standard InChI is InChI=1S/C22H40N4O3/c1-16(2)22(17(3)4)14-19(23-29-22)26-12-10-25(11-13-26)9-8-18(5)21(6)15-24(7)20(27)28-21/h16-18H,8-15H2,1-7H3. The van der Waals surface area contributed by atoms with Gasteiger partial charge >= 0.3 is 6.09 Å². The molecule has 166 valence electrons. The Morgan fingerprint density at radius 3 is 2.17 bits per heavy atom. The summed E-state index contributed by atoms with van der Waals surface area (Å²) in [5, 5.41) is 4.50. The minimum atomic E-state index is -0.374. The fraction of sp³-hybridized carbons (Fsp3) is 0.909. The van der Waals surface area contributed by atoms with Gasteiger partial charge in [0.1, 0.15) is 17.0 Å². The number of amidine groups is 1. The van der Waals surface area contributed by atoms with Crippen molar-refractivity contribution in [3.63, 3.8) is 0 Å². The minimum absolute atomic E-state index is 0.163. The van der Waals surface area contributed by atoms with Crippen LogP contribution in [0.2, 0.25) is 0 Å². The predicted molar refractivity (Wildman–Crippen MR) is 115 cm³/mol. The zero-order chi connectivity index (χ0) is 21.4. The molecule has 2 fully saturated rings. The van der Waals surface area contributed by atoms with Crippen LogP contribution in [0.3, 0.4) is 0 Å². The number of carbonyl (C=O) groups is 1. The summed E-state index contributed by atoms with van der Waals surface area (Å²) in [6.07, 6.45) is 1.74. The van der Waals surface area contributed by atoms with Crippen molar-refractivity contribution < 1.29 is 14.4 Å². The van der Waals surface area contributed by atoms with Gasteiger partial charge in [-0.3, -0.25) is 4.90 Å². The molecule has 29 heavy (non-hydrogen) atoms. The third-order valence-corrected chi connectivity index (χ3v) is 7.55. The number of oxime groups is 1. The van der Waals surface area contributed by atoms with Crippen molar-refractivity contribution in [3.05, 3.63) is 0 Å². The molecular formula is C22H40N4O3. The number of amides is 1. The number of cyclic esters (lactones) is 1. The van der Waals surface area contributed by atoms with Crippen molar-refractivity contribution in [1.29, 1.82) is 0 Å². The highest BCUT2D eigenvalue weighted by Crippen LogP contribution is 2.39. The third kappa shape index (κ3) is 4.35. The van der Waals surface area contributed by atoms with E-state index in [0.29, 0.717) is 24.3 Å². The topological polar surface area (TPSA) is 57.6 Å². The summed E-state index contributed by atoms with van der Waals surface area (Å²) in [5.41, 5.74) is -0.538. The van der Waals surface area contributed by atoms with Crippen LogP contribution in [-0.2, 0) is 9.57 Å². The summed E-state index contributed by atoms with van der Waals surface area (Å²) in [6, 6.07) is 0. The van der Waals surface area contributed by atoms with Gasteiger partial charge in [0.15, 0.2) is 0 Å². The van der Waals surface area contributed by atoms with E-state index in [4.69, 9.17) is 9.57 Å². The molecule has 2 atom stereocenters. The fourth-order valence-corrected chi connectivity index (χ4v) is 4.92. The lowest BCUT2D eigenvalue weighted by atomic mass is 9.78. The van der Waals surface area contributed by atoms with Gasteiger partial charge < -0.3 is 19.4 Å². The van der Waals surface area contributed by atoms with Gasteiger partial charge in [0.05, 0.1) is 13.0 Å². The van der Waals surface area contributed by atoms with E-state index in [1.807, 2.05) is 7.05 Å². The molecule has 0 aromatic heterocycles. The summed E-state index contributed by atoms with van der Waals surface area (Å²) in [5.74, 6) is 2.34. The van der Waals surface area contributed by atoms with Crippen molar-refractivity contribution in [3.8, 4) is 0 Å². The molecule has 3 aliphatic heterocycles. The monoisotopic (exact) mass is 408 g/mol. The van der Waals surface area contributed by atoms with Crippen molar-refractivity contribution in [2.24, 2.45) is 22.9 Å². The number of likely N-dealkylation sites (N-methyl/N-ethyl adjacent to an activating group) is 1. The number of piperazine rings is 1. The normalized spacial score (nSPS) is 28.7. The molecular weight excluding hydrogens is 368 g/mol. The van der Waals surface area contributed by atoms with Crippen LogP contribution in [0.4, 0.5) is 4.79 Å². The molecule has 0 aromatic rings. The lowest BCUT2D eigenvalue weighted by Gasteiger charge is -2.38. The quantitative estimate of drug-likeness (QED) is 0.675. The Bertz CT molecular complexity index is 620. The Hall–Kier alpha value is -1.50.